The molecular weight excluding hydrogens is 314 g/mol. The lowest BCUT2D eigenvalue weighted by molar-refractivity contribution is -0.147. The van der Waals surface area contributed by atoms with Crippen molar-refractivity contribution >= 4 is 11.6 Å². The summed E-state index contributed by atoms with van der Waals surface area (Å²) in [6, 6.07) is 5.82. The van der Waals surface area contributed by atoms with Crippen LogP contribution in [0.2, 0.25) is 0 Å². The van der Waals surface area contributed by atoms with Gasteiger partial charge in [-0.2, -0.15) is 0 Å². The molecule has 0 aliphatic heterocycles. The van der Waals surface area contributed by atoms with E-state index in [4.69, 9.17) is 9.47 Å². The van der Waals surface area contributed by atoms with Gasteiger partial charge in [0.15, 0.2) is 0 Å². The smallest absolute Gasteiger partial charge is 0.256 e. The summed E-state index contributed by atoms with van der Waals surface area (Å²) in [5.74, 6) is 1.54. The maximum Gasteiger partial charge on any atom is 0.256 e. The quantitative estimate of drug-likeness (QED) is 0.712. The molecule has 25 heavy (non-hydrogen) atoms. The average Bonchev–Trinajstić information content (AvgIpc) is 2.61. The molecule has 1 fully saturated rings. The van der Waals surface area contributed by atoms with E-state index in [0.717, 1.165) is 55.5 Å². The zero-order chi connectivity index (χ0) is 18.3. The molecule has 1 N–H and O–H groups in total. The van der Waals surface area contributed by atoms with Crippen molar-refractivity contribution < 1.29 is 14.3 Å². The van der Waals surface area contributed by atoms with E-state index in [9.17, 15) is 4.79 Å². The SMILES string of the molecule is CCCOc1ccc(NC(=O)C2(OCCC)CCC(C)CC2)cc1C. The minimum atomic E-state index is -0.673. The van der Waals surface area contributed by atoms with Crippen LogP contribution in [0.15, 0.2) is 18.2 Å². The molecule has 1 amide bonds. The molecule has 4 heteroatoms. The first kappa shape index (κ1) is 19.8. The zero-order valence-corrected chi connectivity index (χ0v) is 16.2. The number of amides is 1. The van der Waals surface area contributed by atoms with Crippen molar-refractivity contribution in [3.8, 4) is 5.75 Å². The Morgan fingerprint density at radius 1 is 1.20 bits per heavy atom. The van der Waals surface area contributed by atoms with Crippen molar-refractivity contribution in [2.75, 3.05) is 18.5 Å². The van der Waals surface area contributed by atoms with Gasteiger partial charge in [-0.15, -0.1) is 0 Å². The minimum absolute atomic E-state index is 0.00511. The number of aryl methyl sites for hydroxylation is 1. The topological polar surface area (TPSA) is 47.6 Å². The van der Waals surface area contributed by atoms with E-state index >= 15 is 0 Å². The van der Waals surface area contributed by atoms with Gasteiger partial charge in [-0.3, -0.25) is 4.79 Å². The van der Waals surface area contributed by atoms with Crippen LogP contribution in [0, 0.1) is 12.8 Å². The van der Waals surface area contributed by atoms with Gasteiger partial charge in [0.1, 0.15) is 11.4 Å². The normalized spacial score (nSPS) is 23.3. The number of rotatable bonds is 8. The number of benzene rings is 1. The fourth-order valence-corrected chi connectivity index (χ4v) is 3.31. The highest BCUT2D eigenvalue weighted by atomic mass is 16.5. The Morgan fingerprint density at radius 2 is 1.88 bits per heavy atom. The summed E-state index contributed by atoms with van der Waals surface area (Å²) in [5.41, 5.74) is 1.17. The van der Waals surface area contributed by atoms with Crippen LogP contribution in [0.5, 0.6) is 5.75 Å². The Labute approximate surface area is 152 Å². The molecule has 1 aliphatic carbocycles. The molecule has 0 aromatic heterocycles. The first-order valence-corrected chi connectivity index (χ1v) is 9.69. The van der Waals surface area contributed by atoms with Crippen molar-refractivity contribution in [3.05, 3.63) is 23.8 Å². The zero-order valence-electron chi connectivity index (χ0n) is 16.2. The van der Waals surface area contributed by atoms with Crippen LogP contribution in [0.4, 0.5) is 5.69 Å². The molecule has 1 aromatic rings. The second-order valence-electron chi connectivity index (χ2n) is 7.31. The Hall–Kier alpha value is -1.55. The van der Waals surface area contributed by atoms with Gasteiger partial charge in [0, 0.05) is 12.3 Å². The number of hydrogen-bond acceptors (Lipinski definition) is 3. The summed E-state index contributed by atoms with van der Waals surface area (Å²) in [7, 11) is 0. The lowest BCUT2D eigenvalue weighted by atomic mass is 9.78. The van der Waals surface area contributed by atoms with Crippen LogP contribution in [-0.4, -0.2) is 24.7 Å². The first-order valence-electron chi connectivity index (χ1n) is 9.69. The van der Waals surface area contributed by atoms with Crippen molar-refractivity contribution in [1.29, 1.82) is 0 Å². The molecule has 140 valence electrons. The van der Waals surface area contributed by atoms with E-state index in [0.29, 0.717) is 19.1 Å². The number of anilines is 1. The van der Waals surface area contributed by atoms with Crippen molar-refractivity contribution in [2.24, 2.45) is 5.92 Å². The van der Waals surface area contributed by atoms with Crippen LogP contribution in [-0.2, 0) is 9.53 Å². The van der Waals surface area contributed by atoms with Gasteiger partial charge in [-0.05, 0) is 75.1 Å². The molecule has 0 saturated heterocycles. The molecule has 0 unspecified atom stereocenters. The van der Waals surface area contributed by atoms with Gasteiger partial charge < -0.3 is 14.8 Å². The number of carbonyl (C=O) groups is 1. The summed E-state index contributed by atoms with van der Waals surface area (Å²) in [6.07, 6.45) is 5.59. The molecule has 0 spiro atoms. The Morgan fingerprint density at radius 3 is 2.48 bits per heavy atom. The Kier molecular flexibility index (Phi) is 7.30. The lowest BCUT2D eigenvalue weighted by Gasteiger charge is -2.38. The van der Waals surface area contributed by atoms with Crippen LogP contribution in [0.1, 0.15) is 64.9 Å². The Balaban J connectivity index is 2.08. The average molecular weight is 347 g/mol. The third-order valence-electron chi connectivity index (χ3n) is 4.97. The molecule has 0 heterocycles. The van der Waals surface area contributed by atoms with Gasteiger partial charge in [0.2, 0.25) is 0 Å². The van der Waals surface area contributed by atoms with Gasteiger partial charge in [0.05, 0.1) is 6.61 Å². The van der Waals surface area contributed by atoms with Crippen molar-refractivity contribution in [1.82, 2.24) is 0 Å². The lowest BCUT2D eigenvalue weighted by Crippen LogP contribution is -2.48. The highest BCUT2D eigenvalue weighted by Crippen LogP contribution is 2.36. The second kappa shape index (κ2) is 9.23. The van der Waals surface area contributed by atoms with Crippen LogP contribution < -0.4 is 10.1 Å². The minimum Gasteiger partial charge on any atom is -0.493 e. The molecule has 0 bridgehead atoms. The third-order valence-corrected chi connectivity index (χ3v) is 4.97. The van der Waals surface area contributed by atoms with E-state index in [2.05, 4.69) is 26.1 Å². The number of carbonyl (C=O) groups excluding carboxylic acids is 1. The van der Waals surface area contributed by atoms with Crippen LogP contribution in [0.25, 0.3) is 0 Å². The van der Waals surface area contributed by atoms with Crippen molar-refractivity contribution in [3.63, 3.8) is 0 Å². The maximum absolute atomic E-state index is 13.0. The largest absolute Gasteiger partial charge is 0.493 e. The van der Waals surface area contributed by atoms with Crippen LogP contribution >= 0.6 is 0 Å². The molecule has 1 saturated carbocycles. The summed E-state index contributed by atoms with van der Waals surface area (Å²) in [4.78, 5) is 13.0. The highest BCUT2D eigenvalue weighted by molar-refractivity contribution is 5.97. The van der Waals surface area contributed by atoms with Gasteiger partial charge in [-0.1, -0.05) is 20.8 Å². The van der Waals surface area contributed by atoms with Crippen LogP contribution in [0.3, 0.4) is 0 Å². The van der Waals surface area contributed by atoms with E-state index in [1.165, 1.54) is 0 Å². The highest BCUT2D eigenvalue weighted by Gasteiger charge is 2.42. The number of hydrogen-bond donors (Lipinski definition) is 1. The fraction of sp³-hybridized carbons (Fsp3) is 0.667. The molecule has 2 rings (SSSR count). The fourth-order valence-electron chi connectivity index (χ4n) is 3.31. The molecular formula is C21H33NO3. The summed E-state index contributed by atoms with van der Waals surface area (Å²) in [5, 5.41) is 3.08. The standard InChI is InChI=1S/C21H33NO3/c1-5-13-24-19-8-7-18(15-17(19)4)22-20(23)21(25-14-6-2)11-9-16(3)10-12-21/h7-8,15-16H,5-6,9-14H2,1-4H3,(H,22,23). The molecule has 0 radical (unpaired) electrons. The summed E-state index contributed by atoms with van der Waals surface area (Å²) < 4.78 is 11.8. The van der Waals surface area contributed by atoms with E-state index in [1.807, 2.05) is 25.1 Å². The van der Waals surface area contributed by atoms with Crippen molar-refractivity contribution in [2.45, 2.75) is 71.8 Å². The van der Waals surface area contributed by atoms with E-state index < -0.39 is 5.60 Å². The van der Waals surface area contributed by atoms with E-state index in [1.54, 1.807) is 0 Å². The van der Waals surface area contributed by atoms with Gasteiger partial charge in [-0.25, -0.2) is 0 Å². The third kappa shape index (κ3) is 5.21. The molecule has 1 aliphatic rings. The Bertz CT molecular complexity index is 557. The maximum atomic E-state index is 13.0. The number of ether oxygens (including phenoxy) is 2. The first-order chi connectivity index (χ1) is 12.0. The molecule has 4 nitrogen and oxygen atoms in total. The summed E-state index contributed by atoms with van der Waals surface area (Å²) in [6.45, 7) is 9.76. The van der Waals surface area contributed by atoms with Gasteiger partial charge in [0.25, 0.3) is 5.91 Å². The molecule has 1 aromatic carbocycles. The van der Waals surface area contributed by atoms with Gasteiger partial charge >= 0.3 is 0 Å². The predicted octanol–water partition coefficient (Wildman–Crippen LogP) is 5.10. The predicted molar refractivity (Wildman–Crippen MR) is 102 cm³/mol. The van der Waals surface area contributed by atoms with E-state index in [-0.39, 0.29) is 5.91 Å². The monoisotopic (exact) mass is 347 g/mol. The summed E-state index contributed by atoms with van der Waals surface area (Å²) >= 11 is 0. The molecule has 0 atom stereocenters. The number of nitrogens with one attached hydrogen (secondary N) is 1. The second-order valence-corrected chi connectivity index (χ2v) is 7.31.